The van der Waals surface area contributed by atoms with E-state index in [0.29, 0.717) is 32.5 Å². The molecule has 1 N–H and O–H groups in total. The molecule has 1 aliphatic heterocycles. The number of ether oxygens (including phenoxy) is 1. The van der Waals surface area contributed by atoms with Gasteiger partial charge in [0, 0.05) is 32.1 Å². The molecule has 0 aromatic rings. The van der Waals surface area contributed by atoms with Crippen LogP contribution in [-0.2, 0) is 14.3 Å². The number of amides is 2. The molecule has 1 saturated heterocycles. The van der Waals surface area contributed by atoms with Gasteiger partial charge in [-0.1, -0.05) is 0 Å². The van der Waals surface area contributed by atoms with Gasteiger partial charge in [-0.05, 0) is 26.7 Å². The summed E-state index contributed by atoms with van der Waals surface area (Å²) in [7, 11) is 1.35. The second kappa shape index (κ2) is 7.85. The highest BCUT2D eigenvalue weighted by Gasteiger charge is 2.34. The Balaban J connectivity index is 2.57. The maximum Gasteiger partial charge on any atom is 0.320 e. The Hall–Kier alpha value is -1.79. The third-order valence-electron chi connectivity index (χ3n) is 3.65. The Kier molecular flexibility index (Phi) is 6.45. The molecule has 7 heteroatoms. The summed E-state index contributed by atoms with van der Waals surface area (Å²) in [6.07, 6.45) is 1.08. The predicted molar refractivity (Wildman–Crippen MR) is 75.8 cm³/mol. The molecule has 0 aliphatic carbocycles. The Morgan fingerprint density at radius 1 is 1.38 bits per heavy atom. The van der Waals surface area contributed by atoms with Crippen molar-refractivity contribution in [3.8, 4) is 0 Å². The standard InChI is InChI=1S/C14H24N2O5/c1-10(2)16(7-4-5-12(17)18)14(20)15-8-6-11(9-15)13(19)21-3/h10-11H,4-9H2,1-3H3,(H,17,18). The van der Waals surface area contributed by atoms with Crippen LogP contribution in [0, 0.1) is 5.92 Å². The molecule has 1 unspecified atom stereocenters. The van der Waals surface area contributed by atoms with Crippen LogP contribution in [0.4, 0.5) is 4.79 Å². The van der Waals surface area contributed by atoms with E-state index >= 15 is 0 Å². The summed E-state index contributed by atoms with van der Waals surface area (Å²) >= 11 is 0. The molecular weight excluding hydrogens is 276 g/mol. The van der Waals surface area contributed by atoms with Gasteiger partial charge in [-0.3, -0.25) is 9.59 Å². The number of methoxy groups -OCH3 is 1. The van der Waals surface area contributed by atoms with E-state index in [-0.39, 0.29) is 30.4 Å². The van der Waals surface area contributed by atoms with Crippen LogP contribution in [0.15, 0.2) is 0 Å². The number of likely N-dealkylation sites (tertiary alicyclic amines) is 1. The smallest absolute Gasteiger partial charge is 0.320 e. The maximum absolute atomic E-state index is 12.5. The Morgan fingerprint density at radius 3 is 2.57 bits per heavy atom. The lowest BCUT2D eigenvalue weighted by Crippen LogP contribution is -2.46. The number of esters is 1. The zero-order valence-electron chi connectivity index (χ0n) is 12.9. The molecule has 7 nitrogen and oxygen atoms in total. The molecule has 0 aromatic heterocycles. The number of aliphatic carboxylic acids is 1. The second-order valence-corrected chi connectivity index (χ2v) is 5.52. The van der Waals surface area contributed by atoms with Crippen LogP contribution in [-0.4, -0.2) is 65.7 Å². The number of urea groups is 1. The fourth-order valence-electron chi connectivity index (χ4n) is 2.45. The summed E-state index contributed by atoms with van der Waals surface area (Å²) in [6, 6.07) is -0.148. The number of carbonyl (C=O) groups is 3. The molecule has 0 saturated carbocycles. The zero-order chi connectivity index (χ0) is 16.0. The van der Waals surface area contributed by atoms with Crippen molar-refractivity contribution >= 4 is 18.0 Å². The van der Waals surface area contributed by atoms with E-state index in [2.05, 4.69) is 0 Å². The first-order chi connectivity index (χ1) is 9.86. The molecule has 21 heavy (non-hydrogen) atoms. The molecule has 1 atom stereocenters. The fraction of sp³-hybridized carbons (Fsp3) is 0.786. The Morgan fingerprint density at radius 2 is 2.05 bits per heavy atom. The molecule has 120 valence electrons. The van der Waals surface area contributed by atoms with Crippen LogP contribution >= 0.6 is 0 Å². The topological polar surface area (TPSA) is 87.2 Å². The number of rotatable bonds is 6. The van der Waals surface area contributed by atoms with Crippen LogP contribution in [0.25, 0.3) is 0 Å². The fourth-order valence-corrected chi connectivity index (χ4v) is 2.45. The summed E-state index contributed by atoms with van der Waals surface area (Å²) in [5.41, 5.74) is 0. The van der Waals surface area contributed by atoms with E-state index in [1.54, 1.807) is 9.80 Å². The van der Waals surface area contributed by atoms with E-state index < -0.39 is 5.97 Å². The van der Waals surface area contributed by atoms with Crippen molar-refractivity contribution in [3.05, 3.63) is 0 Å². The minimum absolute atomic E-state index is 0.0107. The predicted octanol–water partition coefficient (Wildman–Crippen LogP) is 1.18. The monoisotopic (exact) mass is 300 g/mol. The molecule has 1 aliphatic rings. The van der Waals surface area contributed by atoms with E-state index in [4.69, 9.17) is 9.84 Å². The van der Waals surface area contributed by atoms with E-state index in [1.807, 2.05) is 13.8 Å². The van der Waals surface area contributed by atoms with Gasteiger partial charge in [0.2, 0.25) is 0 Å². The summed E-state index contributed by atoms with van der Waals surface area (Å²) in [5.74, 6) is -1.41. The quantitative estimate of drug-likeness (QED) is 0.744. The molecule has 0 aromatic carbocycles. The normalized spacial score (nSPS) is 17.9. The molecule has 0 radical (unpaired) electrons. The molecule has 1 rings (SSSR count). The summed E-state index contributed by atoms with van der Waals surface area (Å²) in [6.45, 7) is 5.09. The van der Waals surface area contributed by atoms with Crippen molar-refractivity contribution in [1.82, 2.24) is 9.80 Å². The number of carboxylic acids is 1. The van der Waals surface area contributed by atoms with Gasteiger partial charge >= 0.3 is 18.0 Å². The van der Waals surface area contributed by atoms with Crippen molar-refractivity contribution in [2.24, 2.45) is 5.92 Å². The first-order valence-electron chi connectivity index (χ1n) is 7.22. The number of hydrogen-bond donors (Lipinski definition) is 1. The summed E-state index contributed by atoms with van der Waals surface area (Å²) in [4.78, 5) is 37.8. The number of carbonyl (C=O) groups excluding carboxylic acids is 2. The van der Waals surface area contributed by atoms with Crippen molar-refractivity contribution in [1.29, 1.82) is 0 Å². The van der Waals surface area contributed by atoms with Gasteiger partial charge in [0.15, 0.2) is 0 Å². The molecule has 0 bridgehead atoms. The lowest BCUT2D eigenvalue weighted by atomic mass is 10.1. The molecule has 2 amide bonds. The van der Waals surface area contributed by atoms with Gasteiger partial charge in [-0.2, -0.15) is 0 Å². The number of carboxylic acid groups (broad SMARTS) is 1. The highest BCUT2D eigenvalue weighted by molar-refractivity contribution is 5.78. The minimum atomic E-state index is -0.863. The van der Waals surface area contributed by atoms with Gasteiger partial charge in [0.1, 0.15) is 0 Å². The van der Waals surface area contributed by atoms with Gasteiger partial charge in [-0.15, -0.1) is 0 Å². The van der Waals surface area contributed by atoms with Crippen LogP contribution in [0.2, 0.25) is 0 Å². The van der Waals surface area contributed by atoms with Crippen molar-refractivity contribution in [3.63, 3.8) is 0 Å². The van der Waals surface area contributed by atoms with Gasteiger partial charge in [0.25, 0.3) is 0 Å². The first-order valence-corrected chi connectivity index (χ1v) is 7.22. The van der Waals surface area contributed by atoms with Crippen molar-refractivity contribution < 1.29 is 24.2 Å². The van der Waals surface area contributed by atoms with Gasteiger partial charge < -0.3 is 19.6 Å². The first kappa shape index (κ1) is 17.3. The third-order valence-corrected chi connectivity index (χ3v) is 3.65. The van der Waals surface area contributed by atoms with E-state index in [9.17, 15) is 14.4 Å². The average molecular weight is 300 g/mol. The molecule has 0 spiro atoms. The number of hydrogen-bond acceptors (Lipinski definition) is 4. The van der Waals surface area contributed by atoms with Crippen molar-refractivity contribution in [2.45, 2.75) is 39.2 Å². The Labute approximate surface area is 124 Å². The van der Waals surface area contributed by atoms with Crippen LogP contribution in [0.3, 0.4) is 0 Å². The van der Waals surface area contributed by atoms with E-state index in [0.717, 1.165) is 0 Å². The lowest BCUT2D eigenvalue weighted by molar-refractivity contribution is -0.145. The highest BCUT2D eigenvalue weighted by Crippen LogP contribution is 2.20. The summed E-state index contributed by atoms with van der Waals surface area (Å²) in [5, 5.41) is 8.67. The number of nitrogens with zero attached hydrogens (tertiary/aromatic N) is 2. The SMILES string of the molecule is COC(=O)C1CCN(C(=O)N(CCCC(=O)O)C(C)C)C1. The van der Waals surface area contributed by atoms with Gasteiger partial charge in [-0.25, -0.2) is 4.79 Å². The highest BCUT2D eigenvalue weighted by atomic mass is 16.5. The Bertz CT molecular complexity index is 397. The largest absolute Gasteiger partial charge is 0.481 e. The molecule has 1 heterocycles. The minimum Gasteiger partial charge on any atom is -0.481 e. The van der Waals surface area contributed by atoms with Crippen LogP contribution in [0.1, 0.15) is 33.1 Å². The van der Waals surface area contributed by atoms with Crippen LogP contribution < -0.4 is 0 Å². The summed E-state index contributed by atoms with van der Waals surface area (Å²) < 4.78 is 4.71. The third kappa shape index (κ3) is 4.91. The maximum atomic E-state index is 12.5. The average Bonchev–Trinajstić information content (AvgIpc) is 2.91. The second-order valence-electron chi connectivity index (χ2n) is 5.52. The van der Waals surface area contributed by atoms with E-state index in [1.165, 1.54) is 7.11 Å². The zero-order valence-corrected chi connectivity index (χ0v) is 12.9. The van der Waals surface area contributed by atoms with Crippen LogP contribution in [0.5, 0.6) is 0 Å². The lowest BCUT2D eigenvalue weighted by Gasteiger charge is -2.31. The van der Waals surface area contributed by atoms with Gasteiger partial charge in [0.05, 0.1) is 13.0 Å². The molecular formula is C14H24N2O5. The molecule has 1 fully saturated rings. The van der Waals surface area contributed by atoms with Crippen molar-refractivity contribution in [2.75, 3.05) is 26.7 Å².